The molecule has 4 nitrogen and oxygen atoms in total. The second-order valence-electron chi connectivity index (χ2n) is 9.19. The molecule has 0 bridgehead atoms. The lowest BCUT2D eigenvalue weighted by molar-refractivity contribution is -0.137. The molecule has 0 aliphatic heterocycles. The Morgan fingerprint density at radius 2 is 1.50 bits per heavy atom. The SMILES string of the molecule is CC(C)c1cccc(C(C)C)c1NC(=O)Nc1oc(-c2ccccc2C(F)(F)F)c2cc(Cl)ccc12. The summed E-state index contributed by atoms with van der Waals surface area (Å²) in [4.78, 5) is 13.1. The number of fused-ring (bicyclic) bond motifs is 1. The molecule has 1 aromatic heterocycles. The maximum Gasteiger partial charge on any atom is 0.417 e. The minimum Gasteiger partial charge on any atom is -0.439 e. The number of hydrogen-bond acceptors (Lipinski definition) is 2. The molecule has 188 valence electrons. The van der Waals surface area contributed by atoms with Gasteiger partial charge in [0.25, 0.3) is 0 Å². The molecule has 0 unspecified atom stereocenters. The normalized spacial score (nSPS) is 11.9. The predicted octanol–water partition coefficient (Wildman–Crippen LogP) is 9.66. The van der Waals surface area contributed by atoms with Crippen LogP contribution in [-0.4, -0.2) is 6.03 Å². The van der Waals surface area contributed by atoms with Crippen LogP contribution in [0.3, 0.4) is 0 Å². The average Bonchev–Trinajstić information content (AvgIpc) is 3.15. The van der Waals surface area contributed by atoms with Gasteiger partial charge in [0, 0.05) is 27.0 Å². The molecule has 3 aromatic carbocycles. The summed E-state index contributed by atoms with van der Waals surface area (Å²) in [6.45, 7) is 8.15. The summed E-state index contributed by atoms with van der Waals surface area (Å²) in [5.41, 5.74) is 1.68. The number of furan rings is 1. The Kier molecular flexibility index (Phi) is 7.05. The Labute approximate surface area is 212 Å². The van der Waals surface area contributed by atoms with E-state index in [1.54, 1.807) is 12.1 Å². The van der Waals surface area contributed by atoms with Crippen molar-refractivity contribution in [1.82, 2.24) is 0 Å². The summed E-state index contributed by atoms with van der Waals surface area (Å²) in [6.07, 6.45) is -4.59. The van der Waals surface area contributed by atoms with Crippen LogP contribution in [0.2, 0.25) is 5.02 Å². The van der Waals surface area contributed by atoms with E-state index >= 15 is 0 Å². The van der Waals surface area contributed by atoms with Crippen LogP contribution in [0.4, 0.5) is 29.5 Å². The van der Waals surface area contributed by atoms with Crippen molar-refractivity contribution in [3.8, 4) is 11.3 Å². The molecule has 0 radical (unpaired) electrons. The first-order chi connectivity index (χ1) is 17.0. The van der Waals surface area contributed by atoms with Crippen molar-refractivity contribution in [2.24, 2.45) is 0 Å². The van der Waals surface area contributed by atoms with E-state index in [0.29, 0.717) is 21.5 Å². The predicted molar refractivity (Wildman–Crippen MR) is 139 cm³/mol. The highest BCUT2D eigenvalue weighted by Gasteiger charge is 2.35. The number of amides is 2. The van der Waals surface area contributed by atoms with Crippen molar-refractivity contribution in [2.45, 2.75) is 45.7 Å². The van der Waals surface area contributed by atoms with Crippen LogP contribution >= 0.6 is 11.6 Å². The molecule has 0 aliphatic rings. The van der Waals surface area contributed by atoms with Gasteiger partial charge in [0.05, 0.1) is 5.56 Å². The fraction of sp³-hybridized carbons (Fsp3) is 0.250. The maximum atomic E-state index is 13.7. The fourth-order valence-corrected chi connectivity index (χ4v) is 4.45. The summed E-state index contributed by atoms with van der Waals surface area (Å²) < 4.78 is 47.1. The molecule has 2 amide bonds. The monoisotopic (exact) mass is 514 g/mol. The molecule has 36 heavy (non-hydrogen) atoms. The standard InChI is InChI=1S/C28H26ClF3N2O2/c1-15(2)18-9-7-10-19(16(3)4)24(18)33-27(35)34-26-20-13-12-17(29)14-22(20)25(36-26)21-8-5-6-11-23(21)28(30,31)32/h5-16H,1-4H3,(H2,33,34,35). The van der Waals surface area contributed by atoms with Gasteiger partial charge in [-0.3, -0.25) is 5.32 Å². The lowest BCUT2D eigenvalue weighted by atomic mass is 9.93. The number of nitrogens with one attached hydrogen (secondary N) is 2. The molecular formula is C28H26ClF3N2O2. The molecular weight excluding hydrogens is 489 g/mol. The van der Waals surface area contributed by atoms with Crippen LogP contribution in [0, 0.1) is 0 Å². The summed E-state index contributed by atoms with van der Waals surface area (Å²) >= 11 is 6.16. The van der Waals surface area contributed by atoms with Crippen LogP contribution in [0.5, 0.6) is 0 Å². The smallest absolute Gasteiger partial charge is 0.417 e. The third kappa shape index (κ3) is 5.07. The molecule has 0 saturated heterocycles. The van der Waals surface area contributed by atoms with Gasteiger partial charge < -0.3 is 9.73 Å². The van der Waals surface area contributed by atoms with E-state index in [2.05, 4.69) is 10.6 Å². The van der Waals surface area contributed by atoms with Gasteiger partial charge in [-0.1, -0.05) is 75.7 Å². The number of hydrogen-bond donors (Lipinski definition) is 2. The molecule has 0 aliphatic carbocycles. The lowest BCUT2D eigenvalue weighted by Gasteiger charge is -2.20. The summed E-state index contributed by atoms with van der Waals surface area (Å²) in [5.74, 6) is 0.326. The van der Waals surface area contributed by atoms with Crippen LogP contribution in [-0.2, 0) is 6.18 Å². The number of anilines is 2. The number of carbonyl (C=O) groups excluding carboxylic acids is 1. The second kappa shape index (κ2) is 9.90. The van der Waals surface area contributed by atoms with Gasteiger partial charge in [0.1, 0.15) is 5.76 Å². The maximum absolute atomic E-state index is 13.7. The van der Waals surface area contributed by atoms with Gasteiger partial charge >= 0.3 is 12.2 Å². The molecule has 8 heteroatoms. The van der Waals surface area contributed by atoms with Crippen molar-refractivity contribution < 1.29 is 22.4 Å². The highest BCUT2D eigenvalue weighted by atomic mass is 35.5. The molecule has 0 spiro atoms. The number of urea groups is 1. The second-order valence-corrected chi connectivity index (χ2v) is 9.63. The number of benzene rings is 3. The minimum atomic E-state index is -4.59. The van der Waals surface area contributed by atoms with Crippen molar-refractivity contribution in [1.29, 1.82) is 0 Å². The van der Waals surface area contributed by atoms with Crippen molar-refractivity contribution in [3.63, 3.8) is 0 Å². The summed E-state index contributed by atoms with van der Waals surface area (Å²) in [5, 5.41) is 6.75. The van der Waals surface area contributed by atoms with E-state index in [1.807, 2.05) is 45.9 Å². The van der Waals surface area contributed by atoms with Crippen LogP contribution in [0.15, 0.2) is 65.1 Å². The zero-order valence-electron chi connectivity index (χ0n) is 20.3. The highest BCUT2D eigenvalue weighted by Crippen LogP contribution is 2.43. The van der Waals surface area contributed by atoms with Crippen molar-refractivity contribution in [2.75, 3.05) is 10.6 Å². The van der Waals surface area contributed by atoms with Crippen LogP contribution in [0.1, 0.15) is 56.2 Å². The lowest BCUT2D eigenvalue weighted by Crippen LogP contribution is -2.21. The van der Waals surface area contributed by atoms with E-state index in [9.17, 15) is 18.0 Å². The molecule has 1 heterocycles. The van der Waals surface area contributed by atoms with Gasteiger partial charge in [0.15, 0.2) is 0 Å². The Morgan fingerprint density at radius 1 is 0.861 bits per heavy atom. The van der Waals surface area contributed by atoms with E-state index in [-0.39, 0.29) is 29.0 Å². The first-order valence-electron chi connectivity index (χ1n) is 11.6. The highest BCUT2D eigenvalue weighted by molar-refractivity contribution is 6.31. The first kappa shape index (κ1) is 25.6. The Balaban J connectivity index is 1.77. The molecule has 4 aromatic rings. The Hall–Kier alpha value is -3.45. The zero-order valence-corrected chi connectivity index (χ0v) is 21.0. The quantitative estimate of drug-likeness (QED) is 0.278. The third-order valence-corrected chi connectivity index (χ3v) is 6.23. The molecule has 0 atom stereocenters. The Bertz CT molecular complexity index is 1400. The summed E-state index contributed by atoms with van der Waals surface area (Å²) in [6, 6.07) is 15.2. The Morgan fingerprint density at radius 3 is 2.11 bits per heavy atom. The molecule has 4 rings (SSSR count). The topological polar surface area (TPSA) is 54.3 Å². The van der Waals surface area contributed by atoms with Crippen molar-refractivity contribution >= 4 is 40.0 Å². The van der Waals surface area contributed by atoms with Crippen LogP contribution < -0.4 is 10.6 Å². The average molecular weight is 515 g/mol. The summed E-state index contributed by atoms with van der Waals surface area (Å²) in [7, 11) is 0. The van der Waals surface area contributed by atoms with Crippen molar-refractivity contribution in [3.05, 3.63) is 82.4 Å². The minimum absolute atomic E-state index is 0.0267. The van der Waals surface area contributed by atoms with Gasteiger partial charge in [-0.2, -0.15) is 13.2 Å². The van der Waals surface area contributed by atoms with Gasteiger partial charge in [-0.25, -0.2) is 4.79 Å². The van der Waals surface area contributed by atoms with E-state index in [4.69, 9.17) is 16.0 Å². The zero-order chi connectivity index (χ0) is 26.2. The largest absolute Gasteiger partial charge is 0.439 e. The fourth-order valence-electron chi connectivity index (χ4n) is 4.28. The molecule has 2 N–H and O–H groups in total. The number of halogens is 4. The number of carbonyl (C=O) groups is 1. The van der Waals surface area contributed by atoms with Crippen LogP contribution in [0.25, 0.3) is 22.1 Å². The van der Waals surface area contributed by atoms with Gasteiger partial charge in [0.2, 0.25) is 5.88 Å². The number of alkyl halides is 3. The molecule has 0 saturated carbocycles. The third-order valence-electron chi connectivity index (χ3n) is 5.99. The number of para-hydroxylation sites is 1. The van der Waals surface area contributed by atoms with E-state index < -0.39 is 17.8 Å². The molecule has 0 fully saturated rings. The van der Waals surface area contributed by atoms with E-state index in [1.165, 1.54) is 24.3 Å². The number of rotatable bonds is 5. The van der Waals surface area contributed by atoms with Gasteiger partial charge in [-0.15, -0.1) is 0 Å². The first-order valence-corrected chi connectivity index (χ1v) is 11.9. The van der Waals surface area contributed by atoms with E-state index in [0.717, 1.165) is 17.2 Å². The van der Waals surface area contributed by atoms with Gasteiger partial charge in [-0.05, 0) is 47.2 Å².